The summed E-state index contributed by atoms with van der Waals surface area (Å²) < 4.78 is 9.31. The minimum Gasteiger partial charge on any atom is -0.378 e. The van der Waals surface area contributed by atoms with Crippen molar-refractivity contribution in [3.63, 3.8) is 0 Å². The molecule has 9 heteroatoms. The third-order valence-electron chi connectivity index (χ3n) is 7.12. The Kier molecular flexibility index (Phi) is 5.41. The van der Waals surface area contributed by atoms with Crippen molar-refractivity contribution in [2.45, 2.75) is 38.6 Å². The van der Waals surface area contributed by atoms with E-state index in [0.717, 1.165) is 54.1 Å². The van der Waals surface area contributed by atoms with Crippen LogP contribution in [-0.4, -0.2) is 56.6 Å². The molecule has 0 unspecified atom stereocenters. The monoisotopic (exact) mass is 459 g/mol. The van der Waals surface area contributed by atoms with Crippen LogP contribution in [0.3, 0.4) is 0 Å². The van der Waals surface area contributed by atoms with Crippen LogP contribution in [0.15, 0.2) is 43.0 Å². The highest BCUT2D eigenvalue weighted by atomic mass is 16.5. The van der Waals surface area contributed by atoms with Crippen LogP contribution >= 0.6 is 0 Å². The second kappa shape index (κ2) is 8.72. The van der Waals surface area contributed by atoms with Gasteiger partial charge in [0, 0.05) is 37.1 Å². The van der Waals surface area contributed by atoms with Crippen molar-refractivity contribution < 1.29 is 9.53 Å². The minimum absolute atomic E-state index is 0.226. The van der Waals surface area contributed by atoms with E-state index >= 15 is 0 Å². The van der Waals surface area contributed by atoms with Gasteiger partial charge in [-0.25, -0.2) is 9.50 Å². The number of anilines is 2. The highest BCUT2D eigenvalue weighted by Crippen LogP contribution is 2.35. The second-order valence-electron chi connectivity index (χ2n) is 9.45. The van der Waals surface area contributed by atoms with Gasteiger partial charge in [-0.05, 0) is 49.8 Å². The Morgan fingerprint density at radius 2 is 1.97 bits per heavy atom. The molecule has 4 aromatic rings. The number of nitrogens with zero attached hydrogens (tertiary/aromatic N) is 6. The predicted octanol–water partition coefficient (Wildman–Crippen LogP) is 3.92. The van der Waals surface area contributed by atoms with Gasteiger partial charge in [-0.2, -0.15) is 10.2 Å². The summed E-state index contributed by atoms with van der Waals surface area (Å²) in [6, 6.07) is 6.38. The molecule has 2 fully saturated rings. The minimum atomic E-state index is -0.226. The van der Waals surface area contributed by atoms with Crippen LogP contribution in [0.4, 0.5) is 11.4 Å². The summed E-state index contributed by atoms with van der Waals surface area (Å²) in [5.74, 6) is 0.571. The fourth-order valence-corrected chi connectivity index (χ4v) is 5.12. The van der Waals surface area contributed by atoms with Crippen LogP contribution in [-0.2, 0) is 4.74 Å². The zero-order chi connectivity index (χ0) is 23.1. The van der Waals surface area contributed by atoms with Crippen molar-refractivity contribution in [2.75, 3.05) is 36.5 Å². The van der Waals surface area contributed by atoms with Crippen molar-refractivity contribution in [3.05, 3.63) is 48.5 Å². The highest BCUT2D eigenvalue weighted by Gasteiger charge is 2.23. The normalized spacial score (nSPS) is 21.3. The molecule has 1 amide bonds. The van der Waals surface area contributed by atoms with E-state index in [9.17, 15) is 4.79 Å². The quantitative estimate of drug-likeness (QED) is 0.498. The molecule has 4 heterocycles. The highest BCUT2D eigenvalue weighted by molar-refractivity contribution is 6.10. The van der Waals surface area contributed by atoms with Gasteiger partial charge in [0.1, 0.15) is 5.56 Å². The van der Waals surface area contributed by atoms with Gasteiger partial charge in [-0.1, -0.05) is 6.92 Å². The number of carbonyl (C=O) groups excluding carboxylic acids is 1. The second-order valence-corrected chi connectivity index (χ2v) is 9.45. The molecule has 1 saturated heterocycles. The molecular formula is C25H29N7O2. The Hall–Kier alpha value is -3.46. The molecule has 2 aliphatic rings. The van der Waals surface area contributed by atoms with E-state index in [1.807, 2.05) is 6.07 Å². The van der Waals surface area contributed by atoms with Crippen molar-refractivity contribution in [1.29, 1.82) is 0 Å². The summed E-state index contributed by atoms with van der Waals surface area (Å²) >= 11 is 0. The average Bonchev–Trinajstić information content (AvgIpc) is 3.48. The molecule has 1 aliphatic carbocycles. The van der Waals surface area contributed by atoms with Crippen LogP contribution in [0.5, 0.6) is 0 Å². The van der Waals surface area contributed by atoms with Gasteiger partial charge in [0.15, 0.2) is 5.65 Å². The van der Waals surface area contributed by atoms with E-state index in [4.69, 9.17) is 9.84 Å². The number of amides is 1. The fraction of sp³-hybridized carbons (Fsp3) is 0.440. The van der Waals surface area contributed by atoms with Gasteiger partial charge in [-0.15, -0.1) is 0 Å². The summed E-state index contributed by atoms with van der Waals surface area (Å²) in [4.78, 5) is 19.9. The van der Waals surface area contributed by atoms with E-state index in [1.165, 1.54) is 12.8 Å². The number of ether oxygens (including phenoxy) is 1. The van der Waals surface area contributed by atoms with Crippen molar-refractivity contribution >= 4 is 33.8 Å². The van der Waals surface area contributed by atoms with Crippen molar-refractivity contribution in [1.82, 2.24) is 24.4 Å². The third-order valence-corrected chi connectivity index (χ3v) is 7.12. The van der Waals surface area contributed by atoms with Gasteiger partial charge in [-0.3, -0.25) is 9.48 Å². The number of morpholine rings is 1. The molecule has 1 aliphatic heterocycles. The van der Waals surface area contributed by atoms with E-state index in [-0.39, 0.29) is 5.91 Å². The molecule has 3 aromatic heterocycles. The Morgan fingerprint density at radius 3 is 2.79 bits per heavy atom. The topological polar surface area (TPSA) is 89.6 Å². The lowest BCUT2D eigenvalue weighted by atomic mass is 9.87. The SMILES string of the molecule is CC1CCC(n2cc3cc(NC(=O)c4cnn5cccnc45)c(N4CCOCC4)cc3n2)CC1. The smallest absolute Gasteiger partial charge is 0.261 e. The number of hydrogen-bond donors (Lipinski definition) is 1. The maximum Gasteiger partial charge on any atom is 0.261 e. The summed E-state index contributed by atoms with van der Waals surface area (Å²) in [6.07, 6.45) is 12.0. The summed E-state index contributed by atoms with van der Waals surface area (Å²) in [6.45, 7) is 5.21. The van der Waals surface area contributed by atoms with Gasteiger partial charge in [0.05, 0.1) is 42.3 Å². The third kappa shape index (κ3) is 3.90. The number of hydrogen-bond acceptors (Lipinski definition) is 6. The maximum atomic E-state index is 13.3. The lowest BCUT2D eigenvalue weighted by molar-refractivity contribution is 0.102. The number of fused-ring (bicyclic) bond motifs is 2. The van der Waals surface area contributed by atoms with E-state index in [2.05, 4.69) is 44.2 Å². The zero-order valence-corrected chi connectivity index (χ0v) is 19.4. The van der Waals surface area contributed by atoms with E-state index in [0.29, 0.717) is 30.5 Å². The molecule has 34 heavy (non-hydrogen) atoms. The molecular weight excluding hydrogens is 430 g/mol. The number of carbonyl (C=O) groups is 1. The first kappa shape index (κ1) is 21.1. The molecule has 0 radical (unpaired) electrons. The molecule has 1 aromatic carbocycles. The maximum absolute atomic E-state index is 13.3. The Balaban J connectivity index is 1.36. The molecule has 1 saturated carbocycles. The molecule has 176 valence electrons. The lowest BCUT2D eigenvalue weighted by Gasteiger charge is -2.30. The van der Waals surface area contributed by atoms with Gasteiger partial charge < -0.3 is 15.0 Å². The summed E-state index contributed by atoms with van der Waals surface area (Å²) in [5.41, 5.74) is 3.67. The Morgan fingerprint density at radius 1 is 1.15 bits per heavy atom. The number of aromatic nitrogens is 5. The standard InChI is InChI=1S/C25H29N7O2/c1-17-3-5-19(6-4-17)32-16-18-13-22(23(14-21(18)29-32)30-9-11-34-12-10-30)28-25(33)20-15-27-31-8-2-7-26-24(20)31/h2,7-8,13-17,19H,3-6,9-12H2,1H3,(H,28,33). The Labute approximate surface area is 197 Å². The number of nitrogens with one attached hydrogen (secondary N) is 1. The zero-order valence-electron chi connectivity index (χ0n) is 19.4. The molecule has 0 atom stereocenters. The van der Waals surface area contributed by atoms with Crippen LogP contribution in [0, 0.1) is 5.92 Å². The van der Waals surface area contributed by atoms with Crippen LogP contribution < -0.4 is 10.2 Å². The molecule has 6 rings (SSSR count). The first-order valence-corrected chi connectivity index (χ1v) is 12.1. The van der Waals surface area contributed by atoms with Gasteiger partial charge >= 0.3 is 0 Å². The number of rotatable bonds is 4. The first-order valence-electron chi connectivity index (χ1n) is 12.1. The van der Waals surface area contributed by atoms with Crippen LogP contribution in [0.2, 0.25) is 0 Å². The average molecular weight is 460 g/mol. The van der Waals surface area contributed by atoms with Crippen molar-refractivity contribution in [3.8, 4) is 0 Å². The predicted molar refractivity (Wildman–Crippen MR) is 130 cm³/mol. The first-order chi connectivity index (χ1) is 16.7. The van der Waals surface area contributed by atoms with E-state index < -0.39 is 0 Å². The molecule has 0 spiro atoms. The molecule has 0 bridgehead atoms. The largest absolute Gasteiger partial charge is 0.378 e. The summed E-state index contributed by atoms with van der Waals surface area (Å²) in [7, 11) is 0. The van der Waals surface area contributed by atoms with E-state index in [1.54, 1.807) is 29.2 Å². The van der Waals surface area contributed by atoms with Gasteiger partial charge in [0.25, 0.3) is 5.91 Å². The fourth-order valence-electron chi connectivity index (χ4n) is 5.12. The summed E-state index contributed by atoms with van der Waals surface area (Å²) in [5, 5.41) is 13.4. The van der Waals surface area contributed by atoms with Crippen LogP contribution in [0.1, 0.15) is 49.0 Å². The van der Waals surface area contributed by atoms with Crippen molar-refractivity contribution in [2.24, 2.45) is 5.92 Å². The molecule has 1 N–H and O–H groups in total. The van der Waals surface area contributed by atoms with Crippen LogP contribution in [0.25, 0.3) is 16.6 Å². The Bertz CT molecular complexity index is 1330. The lowest BCUT2D eigenvalue weighted by Crippen LogP contribution is -2.36. The number of benzene rings is 1. The van der Waals surface area contributed by atoms with Gasteiger partial charge in [0.2, 0.25) is 0 Å². The molecule has 9 nitrogen and oxygen atoms in total.